The van der Waals surface area contributed by atoms with Crippen molar-refractivity contribution in [1.82, 2.24) is 4.90 Å². The highest BCUT2D eigenvalue weighted by molar-refractivity contribution is 6.30. The van der Waals surface area contributed by atoms with Crippen LogP contribution in [0.3, 0.4) is 0 Å². The molecule has 0 bridgehead atoms. The summed E-state index contributed by atoms with van der Waals surface area (Å²) in [6.45, 7) is 7.14. The largest absolute Gasteiger partial charge is 0.466 e. The average Bonchev–Trinajstić information content (AvgIpc) is 2.60. The van der Waals surface area contributed by atoms with Crippen molar-refractivity contribution in [2.75, 3.05) is 19.7 Å². The molecule has 0 aliphatic rings. The lowest BCUT2D eigenvalue weighted by molar-refractivity contribution is -0.144. The van der Waals surface area contributed by atoms with Crippen LogP contribution in [0.2, 0.25) is 5.02 Å². The van der Waals surface area contributed by atoms with Gasteiger partial charge in [0.05, 0.1) is 13.0 Å². The number of Topliss-reactive ketones (excluding diaryl/α,β-unsaturated/α-hetero) is 1. The molecular formula is C20H28ClNO4. The van der Waals surface area contributed by atoms with Gasteiger partial charge in [0.25, 0.3) is 0 Å². The standard InChI is InChI=1S/C20H28ClNO4/c1-4-26-20(25)12-14-22(13-11-15(2)3)19(24)10-9-18(23)16-5-7-17(21)8-6-16/h5-8,15H,4,9-14H2,1-3H3. The Morgan fingerprint density at radius 2 is 1.69 bits per heavy atom. The van der Waals surface area contributed by atoms with Crippen LogP contribution in [-0.2, 0) is 14.3 Å². The fraction of sp³-hybridized carbons (Fsp3) is 0.550. The van der Waals surface area contributed by atoms with Gasteiger partial charge < -0.3 is 9.64 Å². The Kier molecular flexibility index (Phi) is 9.96. The molecule has 0 N–H and O–H groups in total. The molecule has 0 atom stereocenters. The average molecular weight is 382 g/mol. The molecular weight excluding hydrogens is 354 g/mol. The molecule has 0 aliphatic carbocycles. The zero-order valence-electron chi connectivity index (χ0n) is 15.8. The Bertz CT molecular complexity index is 598. The van der Waals surface area contributed by atoms with E-state index in [-0.39, 0.29) is 36.9 Å². The second kappa shape index (κ2) is 11.7. The van der Waals surface area contributed by atoms with Crippen molar-refractivity contribution < 1.29 is 19.1 Å². The Hall–Kier alpha value is -1.88. The molecule has 0 fully saturated rings. The van der Waals surface area contributed by atoms with Gasteiger partial charge in [0.15, 0.2) is 5.78 Å². The highest BCUT2D eigenvalue weighted by Crippen LogP contribution is 2.13. The molecule has 1 aromatic carbocycles. The minimum Gasteiger partial charge on any atom is -0.466 e. The monoisotopic (exact) mass is 381 g/mol. The molecule has 0 heterocycles. The highest BCUT2D eigenvalue weighted by Gasteiger charge is 2.17. The van der Waals surface area contributed by atoms with Gasteiger partial charge in [-0.05, 0) is 43.5 Å². The van der Waals surface area contributed by atoms with Crippen LogP contribution in [0.1, 0.15) is 56.8 Å². The van der Waals surface area contributed by atoms with Crippen LogP contribution >= 0.6 is 11.6 Å². The Labute approximate surface area is 160 Å². The number of benzene rings is 1. The van der Waals surface area contributed by atoms with E-state index in [0.29, 0.717) is 36.2 Å². The molecule has 6 heteroatoms. The number of halogens is 1. The number of carbonyl (C=O) groups excluding carboxylic acids is 3. The van der Waals surface area contributed by atoms with E-state index in [2.05, 4.69) is 13.8 Å². The Morgan fingerprint density at radius 1 is 1.04 bits per heavy atom. The van der Waals surface area contributed by atoms with Gasteiger partial charge in [-0.25, -0.2) is 0 Å². The summed E-state index contributed by atoms with van der Waals surface area (Å²) in [5.41, 5.74) is 0.544. The fourth-order valence-electron chi connectivity index (χ4n) is 2.39. The molecule has 144 valence electrons. The van der Waals surface area contributed by atoms with Gasteiger partial charge in [-0.15, -0.1) is 0 Å². The topological polar surface area (TPSA) is 63.7 Å². The van der Waals surface area contributed by atoms with Gasteiger partial charge in [0.2, 0.25) is 5.91 Å². The van der Waals surface area contributed by atoms with E-state index in [1.165, 1.54) is 0 Å². The minimum atomic E-state index is -0.313. The van der Waals surface area contributed by atoms with Crippen LogP contribution in [0.25, 0.3) is 0 Å². The number of nitrogens with zero attached hydrogens (tertiary/aromatic N) is 1. The lowest BCUT2D eigenvalue weighted by Crippen LogP contribution is -2.35. The highest BCUT2D eigenvalue weighted by atomic mass is 35.5. The van der Waals surface area contributed by atoms with Crippen LogP contribution in [0, 0.1) is 5.92 Å². The van der Waals surface area contributed by atoms with Gasteiger partial charge in [0, 0.05) is 36.5 Å². The van der Waals surface area contributed by atoms with E-state index in [9.17, 15) is 14.4 Å². The molecule has 1 amide bonds. The van der Waals surface area contributed by atoms with Gasteiger partial charge in [-0.3, -0.25) is 14.4 Å². The first kappa shape index (κ1) is 22.2. The third kappa shape index (κ3) is 8.48. The van der Waals surface area contributed by atoms with Gasteiger partial charge in [0.1, 0.15) is 0 Å². The van der Waals surface area contributed by atoms with Crippen molar-refractivity contribution in [2.45, 2.75) is 46.5 Å². The number of ether oxygens (including phenoxy) is 1. The first-order valence-corrected chi connectivity index (χ1v) is 9.43. The minimum absolute atomic E-state index is 0.0933. The first-order valence-electron chi connectivity index (χ1n) is 9.05. The third-order valence-electron chi connectivity index (χ3n) is 3.95. The Balaban J connectivity index is 2.58. The maximum absolute atomic E-state index is 12.5. The second-order valence-corrected chi connectivity index (χ2v) is 6.98. The number of ketones is 1. The molecule has 1 aromatic rings. The summed E-state index contributed by atoms with van der Waals surface area (Å²) < 4.78 is 4.92. The smallest absolute Gasteiger partial charge is 0.307 e. The van der Waals surface area contributed by atoms with Gasteiger partial charge >= 0.3 is 5.97 Å². The number of rotatable bonds is 11. The first-order chi connectivity index (χ1) is 12.3. The molecule has 0 saturated heterocycles. The zero-order chi connectivity index (χ0) is 19.5. The van der Waals surface area contributed by atoms with Crippen molar-refractivity contribution in [3.8, 4) is 0 Å². The van der Waals surface area contributed by atoms with E-state index in [1.54, 1.807) is 36.1 Å². The third-order valence-corrected chi connectivity index (χ3v) is 4.20. The summed E-state index contributed by atoms with van der Waals surface area (Å²) in [6, 6.07) is 6.63. The molecule has 1 rings (SSSR count). The van der Waals surface area contributed by atoms with E-state index in [0.717, 1.165) is 6.42 Å². The summed E-state index contributed by atoms with van der Waals surface area (Å²) >= 11 is 5.82. The molecule has 0 radical (unpaired) electrons. The molecule has 0 saturated carbocycles. The maximum Gasteiger partial charge on any atom is 0.307 e. The van der Waals surface area contributed by atoms with Crippen molar-refractivity contribution in [2.24, 2.45) is 5.92 Å². The van der Waals surface area contributed by atoms with Gasteiger partial charge in [-0.1, -0.05) is 25.4 Å². The van der Waals surface area contributed by atoms with Crippen molar-refractivity contribution in [1.29, 1.82) is 0 Å². The zero-order valence-corrected chi connectivity index (χ0v) is 16.6. The summed E-state index contributed by atoms with van der Waals surface area (Å²) in [5.74, 6) is -0.0721. The van der Waals surface area contributed by atoms with Crippen LogP contribution < -0.4 is 0 Å². The Morgan fingerprint density at radius 3 is 2.27 bits per heavy atom. The lowest BCUT2D eigenvalue weighted by Gasteiger charge is -2.23. The number of hydrogen-bond donors (Lipinski definition) is 0. The summed E-state index contributed by atoms with van der Waals surface area (Å²) in [5, 5.41) is 0.566. The molecule has 5 nitrogen and oxygen atoms in total. The van der Waals surface area contributed by atoms with Crippen LogP contribution in [0.5, 0.6) is 0 Å². The predicted octanol–water partition coefficient (Wildman–Crippen LogP) is 4.13. The maximum atomic E-state index is 12.5. The fourth-order valence-corrected chi connectivity index (χ4v) is 2.52. The van der Waals surface area contributed by atoms with Crippen LogP contribution in [0.15, 0.2) is 24.3 Å². The normalized spacial score (nSPS) is 10.7. The molecule has 0 aliphatic heterocycles. The van der Waals surface area contributed by atoms with E-state index >= 15 is 0 Å². The molecule has 0 aromatic heterocycles. The van der Waals surface area contributed by atoms with Gasteiger partial charge in [-0.2, -0.15) is 0 Å². The summed E-state index contributed by atoms with van der Waals surface area (Å²) in [4.78, 5) is 37.9. The van der Waals surface area contributed by atoms with Crippen molar-refractivity contribution in [3.63, 3.8) is 0 Å². The molecule has 0 spiro atoms. The summed E-state index contributed by atoms with van der Waals surface area (Å²) in [7, 11) is 0. The quantitative estimate of drug-likeness (QED) is 0.427. The molecule has 0 unspecified atom stereocenters. The SMILES string of the molecule is CCOC(=O)CCN(CCC(C)C)C(=O)CCC(=O)c1ccc(Cl)cc1. The van der Waals surface area contributed by atoms with E-state index in [4.69, 9.17) is 16.3 Å². The number of esters is 1. The van der Waals surface area contributed by atoms with Crippen LogP contribution in [0.4, 0.5) is 0 Å². The number of amides is 1. The number of hydrogen-bond acceptors (Lipinski definition) is 4. The summed E-state index contributed by atoms with van der Waals surface area (Å²) in [6.07, 6.45) is 1.28. The predicted molar refractivity (Wildman–Crippen MR) is 102 cm³/mol. The van der Waals surface area contributed by atoms with E-state index in [1.807, 2.05) is 0 Å². The molecule has 26 heavy (non-hydrogen) atoms. The van der Waals surface area contributed by atoms with Crippen molar-refractivity contribution >= 4 is 29.3 Å². The van der Waals surface area contributed by atoms with E-state index < -0.39 is 0 Å². The number of carbonyl (C=O) groups is 3. The lowest BCUT2D eigenvalue weighted by atomic mass is 10.1. The van der Waals surface area contributed by atoms with Crippen LogP contribution in [-0.4, -0.2) is 42.3 Å². The second-order valence-electron chi connectivity index (χ2n) is 6.55. The van der Waals surface area contributed by atoms with Crippen molar-refractivity contribution in [3.05, 3.63) is 34.9 Å².